The number of hydrogen-bond donors (Lipinski definition) is 4. The Labute approximate surface area is 195 Å². The quantitative estimate of drug-likeness (QED) is 0.269. The zero-order valence-electron chi connectivity index (χ0n) is 18.7. The van der Waals surface area contributed by atoms with Crippen molar-refractivity contribution in [2.45, 2.75) is 32.1 Å². The normalized spacial score (nSPS) is 10.9. The van der Waals surface area contributed by atoms with Crippen LogP contribution in [0.2, 0.25) is 0 Å². The SMILES string of the molecule is Nc1ccc(Cc2ccc(CCCc3ccc(Cc4ccc(N)cc4)c(O)c3)cc2O)cc1. The Hall–Kier alpha value is -3.92. The van der Waals surface area contributed by atoms with Gasteiger partial charge in [0.2, 0.25) is 0 Å². The number of rotatable bonds is 8. The molecule has 0 aliphatic heterocycles. The van der Waals surface area contributed by atoms with Crippen molar-refractivity contribution < 1.29 is 10.2 Å². The molecule has 0 radical (unpaired) electrons. The minimum Gasteiger partial charge on any atom is -0.508 e. The van der Waals surface area contributed by atoms with Gasteiger partial charge in [-0.3, -0.25) is 0 Å². The van der Waals surface area contributed by atoms with Crippen LogP contribution < -0.4 is 11.5 Å². The van der Waals surface area contributed by atoms with E-state index in [0.717, 1.165) is 64.0 Å². The summed E-state index contributed by atoms with van der Waals surface area (Å²) in [5, 5.41) is 20.9. The molecule has 168 valence electrons. The van der Waals surface area contributed by atoms with Crippen molar-refractivity contribution in [3.05, 3.63) is 118 Å². The molecule has 0 saturated carbocycles. The number of nitrogens with two attached hydrogens (primary N) is 2. The van der Waals surface area contributed by atoms with E-state index in [9.17, 15) is 10.2 Å². The Morgan fingerprint density at radius 2 is 0.848 bits per heavy atom. The summed E-state index contributed by atoms with van der Waals surface area (Å²) < 4.78 is 0. The third kappa shape index (κ3) is 6.07. The van der Waals surface area contributed by atoms with E-state index in [1.54, 1.807) is 0 Å². The maximum atomic E-state index is 10.5. The first-order valence-electron chi connectivity index (χ1n) is 11.3. The lowest BCUT2D eigenvalue weighted by molar-refractivity contribution is 0.468. The summed E-state index contributed by atoms with van der Waals surface area (Å²) in [6.45, 7) is 0. The van der Waals surface area contributed by atoms with Crippen molar-refractivity contribution in [2.75, 3.05) is 11.5 Å². The fraction of sp³-hybridized carbons (Fsp3) is 0.172. The molecule has 0 fully saturated rings. The molecule has 4 heteroatoms. The molecule has 0 unspecified atom stereocenters. The first-order chi connectivity index (χ1) is 16.0. The molecule has 0 aromatic heterocycles. The molecule has 33 heavy (non-hydrogen) atoms. The van der Waals surface area contributed by atoms with Crippen LogP contribution in [0.25, 0.3) is 0 Å². The van der Waals surface area contributed by atoms with Gasteiger partial charge in [-0.15, -0.1) is 0 Å². The number of aromatic hydroxyl groups is 2. The van der Waals surface area contributed by atoms with Gasteiger partial charge in [0.25, 0.3) is 0 Å². The molecule has 6 N–H and O–H groups in total. The van der Waals surface area contributed by atoms with Gasteiger partial charge in [-0.1, -0.05) is 48.5 Å². The smallest absolute Gasteiger partial charge is 0.119 e. The van der Waals surface area contributed by atoms with Gasteiger partial charge in [0, 0.05) is 24.2 Å². The largest absolute Gasteiger partial charge is 0.508 e. The van der Waals surface area contributed by atoms with Crippen LogP contribution in [0.1, 0.15) is 39.8 Å². The maximum Gasteiger partial charge on any atom is 0.119 e. The Morgan fingerprint density at radius 1 is 0.485 bits per heavy atom. The molecule has 4 nitrogen and oxygen atoms in total. The van der Waals surface area contributed by atoms with Crippen molar-refractivity contribution in [2.24, 2.45) is 0 Å². The number of benzene rings is 4. The molecule has 0 heterocycles. The molecular weight excluding hydrogens is 408 g/mol. The van der Waals surface area contributed by atoms with Crippen molar-refractivity contribution >= 4 is 11.4 Å². The Bertz CT molecular complexity index is 1120. The summed E-state index contributed by atoms with van der Waals surface area (Å²) in [4.78, 5) is 0. The molecule has 0 aliphatic rings. The minimum atomic E-state index is 0.328. The van der Waals surface area contributed by atoms with E-state index in [4.69, 9.17) is 11.5 Å². The molecule has 4 aromatic rings. The maximum absolute atomic E-state index is 10.5. The Kier molecular flexibility index (Phi) is 6.84. The molecule has 0 spiro atoms. The lowest BCUT2D eigenvalue weighted by Gasteiger charge is -2.10. The van der Waals surface area contributed by atoms with E-state index in [1.165, 1.54) is 0 Å². The average Bonchev–Trinajstić information content (AvgIpc) is 2.80. The van der Waals surface area contributed by atoms with Gasteiger partial charge in [-0.25, -0.2) is 0 Å². The molecule has 0 bridgehead atoms. The second kappa shape index (κ2) is 10.1. The van der Waals surface area contributed by atoms with Crippen molar-refractivity contribution in [1.82, 2.24) is 0 Å². The molecule has 0 amide bonds. The standard InChI is InChI=1S/C29H30N2O2/c30-26-12-6-22(7-13-26)16-24-10-4-20(18-28(24)32)2-1-3-21-5-11-25(29(33)19-21)17-23-8-14-27(31)15-9-23/h4-15,18-19,32-33H,1-3,16-17,30-31H2. The van der Waals surface area contributed by atoms with Gasteiger partial charge in [0.05, 0.1) is 0 Å². The highest BCUT2D eigenvalue weighted by atomic mass is 16.3. The molecule has 0 aliphatic carbocycles. The van der Waals surface area contributed by atoms with Crippen LogP contribution in [-0.4, -0.2) is 10.2 Å². The summed E-state index contributed by atoms with van der Waals surface area (Å²) in [7, 11) is 0. The summed E-state index contributed by atoms with van der Waals surface area (Å²) in [6.07, 6.45) is 4.02. The third-order valence-electron chi connectivity index (χ3n) is 5.98. The summed E-state index contributed by atoms with van der Waals surface area (Å²) >= 11 is 0. The first-order valence-corrected chi connectivity index (χ1v) is 11.3. The molecule has 4 rings (SSSR count). The van der Waals surface area contributed by atoms with Crippen LogP contribution in [0.3, 0.4) is 0 Å². The number of aryl methyl sites for hydroxylation is 2. The highest BCUT2D eigenvalue weighted by molar-refractivity contribution is 5.45. The Balaban J connectivity index is 1.31. The van der Waals surface area contributed by atoms with Crippen LogP contribution in [0.5, 0.6) is 11.5 Å². The zero-order chi connectivity index (χ0) is 23.2. The van der Waals surface area contributed by atoms with E-state index in [2.05, 4.69) is 12.1 Å². The average molecular weight is 439 g/mol. The van der Waals surface area contributed by atoms with Gasteiger partial charge in [-0.2, -0.15) is 0 Å². The van der Waals surface area contributed by atoms with Gasteiger partial charge >= 0.3 is 0 Å². The van der Waals surface area contributed by atoms with E-state index >= 15 is 0 Å². The van der Waals surface area contributed by atoms with Crippen LogP contribution in [-0.2, 0) is 25.7 Å². The van der Waals surface area contributed by atoms with Gasteiger partial charge in [0.15, 0.2) is 0 Å². The third-order valence-corrected chi connectivity index (χ3v) is 5.98. The number of hydrogen-bond acceptors (Lipinski definition) is 4. The van der Waals surface area contributed by atoms with E-state index in [1.807, 2.05) is 72.8 Å². The first kappa shape index (κ1) is 22.3. The van der Waals surface area contributed by atoms with Crippen molar-refractivity contribution in [3.63, 3.8) is 0 Å². The van der Waals surface area contributed by atoms with E-state index in [0.29, 0.717) is 24.3 Å². The van der Waals surface area contributed by atoms with Crippen LogP contribution in [0.15, 0.2) is 84.9 Å². The minimum absolute atomic E-state index is 0.328. The summed E-state index contributed by atoms with van der Waals surface area (Å²) in [5.41, 5.74) is 19.2. The zero-order valence-corrected chi connectivity index (χ0v) is 18.7. The second-order valence-electron chi connectivity index (χ2n) is 8.62. The van der Waals surface area contributed by atoms with E-state index < -0.39 is 0 Å². The van der Waals surface area contributed by atoms with Gasteiger partial charge < -0.3 is 21.7 Å². The lowest BCUT2D eigenvalue weighted by atomic mass is 9.98. The molecule has 4 aromatic carbocycles. The van der Waals surface area contributed by atoms with Crippen molar-refractivity contribution in [1.29, 1.82) is 0 Å². The van der Waals surface area contributed by atoms with Gasteiger partial charge in [0.1, 0.15) is 11.5 Å². The summed E-state index contributed by atoms with van der Waals surface area (Å²) in [5.74, 6) is 0.656. The van der Waals surface area contributed by atoms with Crippen LogP contribution >= 0.6 is 0 Å². The van der Waals surface area contributed by atoms with E-state index in [-0.39, 0.29) is 0 Å². The molecule has 0 saturated heterocycles. The predicted octanol–water partition coefficient (Wildman–Crippen LogP) is 5.62. The number of phenols is 2. The molecular formula is C29H30N2O2. The van der Waals surface area contributed by atoms with Gasteiger partial charge in [-0.05, 0) is 89.0 Å². The predicted molar refractivity (Wildman–Crippen MR) is 136 cm³/mol. The second-order valence-corrected chi connectivity index (χ2v) is 8.62. The fourth-order valence-corrected chi connectivity index (χ4v) is 4.04. The monoisotopic (exact) mass is 438 g/mol. The number of nitrogen functional groups attached to an aromatic ring is 2. The fourth-order valence-electron chi connectivity index (χ4n) is 4.04. The number of anilines is 2. The highest BCUT2D eigenvalue weighted by Gasteiger charge is 2.07. The summed E-state index contributed by atoms with van der Waals surface area (Å²) in [6, 6.07) is 27.3. The van der Waals surface area contributed by atoms with Crippen molar-refractivity contribution in [3.8, 4) is 11.5 Å². The Morgan fingerprint density at radius 3 is 1.21 bits per heavy atom. The van der Waals surface area contributed by atoms with Crippen LogP contribution in [0, 0.1) is 0 Å². The number of phenolic OH excluding ortho intramolecular Hbond substituents is 2. The highest BCUT2D eigenvalue weighted by Crippen LogP contribution is 2.25. The topological polar surface area (TPSA) is 92.5 Å². The lowest BCUT2D eigenvalue weighted by Crippen LogP contribution is -1.95. The van der Waals surface area contributed by atoms with Crippen LogP contribution in [0.4, 0.5) is 11.4 Å². The molecule has 0 atom stereocenters.